The van der Waals surface area contributed by atoms with E-state index in [0.29, 0.717) is 0 Å². The Bertz CT molecular complexity index is 512. The van der Waals surface area contributed by atoms with Gasteiger partial charge < -0.3 is 4.90 Å². The average molecular weight is 288 g/mol. The van der Waals surface area contributed by atoms with Gasteiger partial charge in [0.05, 0.1) is 6.04 Å². The highest BCUT2D eigenvalue weighted by molar-refractivity contribution is 5.85. The lowest BCUT2D eigenvalue weighted by Crippen LogP contribution is -2.38. The maximum absolute atomic E-state index is 12.7. The molecule has 1 aliphatic heterocycles. The largest absolute Gasteiger partial charge is 0.319 e. The third-order valence-corrected chi connectivity index (χ3v) is 4.51. The van der Waals surface area contributed by atoms with Crippen molar-refractivity contribution in [2.45, 2.75) is 72.1 Å². The summed E-state index contributed by atoms with van der Waals surface area (Å²) < 4.78 is 0. The topological polar surface area (TPSA) is 32.3 Å². The zero-order chi connectivity index (χ0) is 15.6. The molecule has 1 aromatic rings. The van der Waals surface area contributed by atoms with E-state index in [9.17, 15) is 4.79 Å². The van der Waals surface area contributed by atoms with E-state index < -0.39 is 0 Å². The first-order valence-corrected chi connectivity index (χ1v) is 8.14. The van der Waals surface area contributed by atoms with Crippen molar-refractivity contribution in [2.24, 2.45) is 0 Å². The third kappa shape index (κ3) is 3.13. The van der Waals surface area contributed by atoms with Crippen LogP contribution in [-0.2, 0) is 4.79 Å². The van der Waals surface area contributed by atoms with Crippen molar-refractivity contribution in [3.8, 4) is 0 Å². The Kier molecular flexibility index (Phi) is 5.04. The van der Waals surface area contributed by atoms with Gasteiger partial charge in [0.15, 0.2) is 0 Å². The van der Waals surface area contributed by atoms with Crippen molar-refractivity contribution in [1.82, 2.24) is 10.2 Å². The Morgan fingerprint density at radius 2 is 2.00 bits per heavy atom. The summed E-state index contributed by atoms with van der Waals surface area (Å²) in [6, 6.07) is 6.72. The van der Waals surface area contributed by atoms with Crippen molar-refractivity contribution in [1.29, 1.82) is 0 Å². The van der Waals surface area contributed by atoms with Crippen molar-refractivity contribution in [2.75, 3.05) is 0 Å². The number of amides is 1. The van der Waals surface area contributed by atoms with Gasteiger partial charge >= 0.3 is 0 Å². The number of carbonyl (C=O) groups is 1. The normalized spacial score (nSPS) is 23.7. The van der Waals surface area contributed by atoms with Crippen LogP contribution in [0, 0.1) is 13.8 Å². The van der Waals surface area contributed by atoms with Gasteiger partial charge in [-0.3, -0.25) is 10.1 Å². The van der Waals surface area contributed by atoms with E-state index in [2.05, 4.69) is 63.0 Å². The first-order chi connectivity index (χ1) is 9.99. The lowest BCUT2D eigenvalue weighted by atomic mass is 10.0. The molecule has 3 atom stereocenters. The summed E-state index contributed by atoms with van der Waals surface area (Å²) in [5.74, 6) is 0.254. The standard InChI is InChI=1S/C18H28N2O/c1-6-8-14(5)20-17(19-16(7-2)18(20)21)15-11-12(3)9-10-13(15)4/h9-11,14,16-17,19H,6-8H2,1-5H3. The second-order valence-electron chi connectivity index (χ2n) is 6.27. The molecule has 2 rings (SSSR count). The lowest BCUT2D eigenvalue weighted by molar-refractivity contribution is -0.132. The van der Waals surface area contributed by atoms with Crippen LogP contribution in [0.5, 0.6) is 0 Å². The van der Waals surface area contributed by atoms with E-state index in [1.807, 2.05) is 0 Å². The summed E-state index contributed by atoms with van der Waals surface area (Å²) in [6.07, 6.45) is 3.01. The van der Waals surface area contributed by atoms with Crippen molar-refractivity contribution in [3.05, 3.63) is 34.9 Å². The number of benzene rings is 1. The second kappa shape index (κ2) is 6.61. The number of rotatable bonds is 5. The van der Waals surface area contributed by atoms with Crippen molar-refractivity contribution >= 4 is 5.91 Å². The molecular formula is C18H28N2O. The van der Waals surface area contributed by atoms with Crippen molar-refractivity contribution < 1.29 is 4.79 Å². The van der Waals surface area contributed by atoms with Crippen LogP contribution in [0.1, 0.15) is 62.9 Å². The van der Waals surface area contributed by atoms with Crippen LogP contribution in [0.4, 0.5) is 0 Å². The molecule has 116 valence electrons. The predicted molar refractivity (Wildman–Crippen MR) is 87.1 cm³/mol. The van der Waals surface area contributed by atoms with Crippen LogP contribution in [0.3, 0.4) is 0 Å². The molecule has 3 nitrogen and oxygen atoms in total. The maximum Gasteiger partial charge on any atom is 0.241 e. The maximum atomic E-state index is 12.7. The minimum atomic E-state index is -0.0470. The van der Waals surface area contributed by atoms with Gasteiger partial charge in [-0.15, -0.1) is 0 Å². The molecule has 21 heavy (non-hydrogen) atoms. The van der Waals surface area contributed by atoms with Crippen LogP contribution in [0.2, 0.25) is 0 Å². The van der Waals surface area contributed by atoms with Crippen LogP contribution in [0.25, 0.3) is 0 Å². The van der Waals surface area contributed by atoms with Crippen LogP contribution in [0.15, 0.2) is 18.2 Å². The van der Waals surface area contributed by atoms with Gasteiger partial charge in [0, 0.05) is 6.04 Å². The SMILES string of the molecule is CCCC(C)N1C(=O)C(CC)NC1c1cc(C)ccc1C. The number of aryl methyl sites for hydroxylation is 2. The fourth-order valence-electron chi connectivity index (χ4n) is 3.26. The molecule has 0 aromatic heterocycles. The Morgan fingerprint density at radius 1 is 1.29 bits per heavy atom. The molecule has 1 N–H and O–H groups in total. The van der Waals surface area contributed by atoms with Crippen LogP contribution >= 0.6 is 0 Å². The van der Waals surface area contributed by atoms with Crippen LogP contribution in [-0.4, -0.2) is 22.9 Å². The summed E-state index contributed by atoms with van der Waals surface area (Å²) >= 11 is 0. The zero-order valence-electron chi connectivity index (χ0n) is 13.9. The van der Waals surface area contributed by atoms with Gasteiger partial charge in [0.1, 0.15) is 6.17 Å². The van der Waals surface area contributed by atoms with Crippen LogP contribution < -0.4 is 5.32 Å². The number of hydrogen-bond donors (Lipinski definition) is 1. The monoisotopic (exact) mass is 288 g/mol. The second-order valence-corrected chi connectivity index (χ2v) is 6.27. The van der Waals surface area contributed by atoms with Gasteiger partial charge in [0.25, 0.3) is 0 Å². The summed E-state index contributed by atoms with van der Waals surface area (Å²) in [5.41, 5.74) is 3.73. The van der Waals surface area contributed by atoms with Crippen molar-refractivity contribution in [3.63, 3.8) is 0 Å². The minimum absolute atomic E-state index is 0.0175. The number of hydrogen-bond acceptors (Lipinski definition) is 2. The highest BCUT2D eigenvalue weighted by Crippen LogP contribution is 2.32. The lowest BCUT2D eigenvalue weighted by Gasteiger charge is -2.31. The predicted octanol–water partition coefficient (Wildman–Crippen LogP) is 3.70. The molecule has 1 saturated heterocycles. The molecular weight excluding hydrogens is 260 g/mol. The number of nitrogens with one attached hydrogen (secondary N) is 1. The summed E-state index contributed by atoms with van der Waals surface area (Å²) in [5, 5.41) is 3.54. The quantitative estimate of drug-likeness (QED) is 0.896. The summed E-state index contributed by atoms with van der Waals surface area (Å²) in [4.78, 5) is 14.8. The van der Waals surface area contributed by atoms with E-state index >= 15 is 0 Å². The first-order valence-electron chi connectivity index (χ1n) is 8.14. The summed E-state index contributed by atoms with van der Waals surface area (Å²) in [6.45, 7) is 10.7. The Labute approximate surface area is 128 Å². The van der Waals surface area contributed by atoms with E-state index in [0.717, 1.165) is 19.3 Å². The molecule has 0 saturated carbocycles. The van der Waals surface area contributed by atoms with E-state index in [1.165, 1.54) is 16.7 Å². The molecule has 3 heteroatoms. The minimum Gasteiger partial charge on any atom is -0.319 e. The highest BCUT2D eigenvalue weighted by Gasteiger charge is 2.41. The van der Waals surface area contributed by atoms with Gasteiger partial charge in [-0.2, -0.15) is 0 Å². The van der Waals surface area contributed by atoms with Gasteiger partial charge in [-0.1, -0.05) is 44.0 Å². The van der Waals surface area contributed by atoms with Gasteiger partial charge in [-0.25, -0.2) is 0 Å². The molecule has 1 heterocycles. The summed E-state index contributed by atoms with van der Waals surface area (Å²) in [7, 11) is 0. The number of nitrogens with zero attached hydrogens (tertiary/aromatic N) is 1. The van der Waals surface area contributed by atoms with E-state index in [-0.39, 0.29) is 24.2 Å². The first kappa shape index (κ1) is 16.0. The molecule has 0 aliphatic carbocycles. The molecule has 1 aromatic carbocycles. The fourth-order valence-corrected chi connectivity index (χ4v) is 3.26. The molecule has 3 unspecified atom stereocenters. The average Bonchev–Trinajstić information content (AvgIpc) is 2.78. The number of carbonyl (C=O) groups excluding carboxylic acids is 1. The smallest absolute Gasteiger partial charge is 0.241 e. The Hall–Kier alpha value is -1.35. The molecule has 1 aliphatic rings. The highest BCUT2D eigenvalue weighted by atomic mass is 16.2. The zero-order valence-corrected chi connectivity index (χ0v) is 13.9. The van der Waals surface area contributed by atoms with Gasteiger partial charge in [-0.05, 0) is 44.7 Å². The Morgan fingerprint density at radius 3 is 2.62 bits per heavy atom. The molecule has 0 bridgehead atoms. The van der Waals surface area contributed by atoms with E-state index in [1.54, 1.807) is 0 Å². The third-order valence-electron chi connectivity index (χ3n) is 4.51. The molecule has 1 amide bonds. The molecule has 1 fully saturated rings. The van der Waals surface area contributed by atoms with Gasteiger partial charge in [0.2, 0.25) is 5.91 Å². The molecule has 0 radical (unpaired) electrons. The fraction of sp³-hybridized carbons (Fsp3) is 0.611. The van der Waals surface area contributed by atoms with E-state index in [4.69, 9.17) is 0 Å². The Balaban J connectivity index is 2.38. The molecule has 0 spiro atoms.